The molecule has 1 fully saturated rings. The van der Waals surface area contributed by atoms with Gasteiger partial charge in [0.05, 0.1) is 0 Å². The number of alkyl halides is 3. The third-order valence-electron chi connectivity index (χ3n) is 4.95. The summed E-state index contributed by atoms with van der Waals surface area (Å²) in [5.74, 6) is -1.21. The maximum atomic E-state index is 14.0. The number of carbonyl (C=O) groups is 1. The van der Waals surface area contributed by atoms with Crippen molar-refractivity contribution in [1.29, 1.82) is 0 Å². The van der Waals surface area contributed by atoms with Crippen LogP contribution in [-0.2, 0) is 4.79 Å². The zero-order chi connectivity index (χ0) is 21.9. The van der Waals surface area contributed by atoms with Gasteiger partial charge in [-0.05, 0) is 48.6 Å². The molecule has 1 aliphatic rings. The molecule has 0 saturated carbocycles. The minimum absolute atomic E-state index is 0.0171. The standard InChI is InChI=1S/C21H20F5NO2S/c1-13(28)27-8-6-14(7-9-27)12-30-20-5-2-15(10-19(20)29-21(24,25)26)17-4-3-16(22)11-18(17)23/h2-5,10-11,14H,6-9,12H2,1H3. The van der Waals surface area contributed by atoms with E-state index in [1.165, 1.54) is 36.9 Å². The molecule has 2 aromatic rings. The van der Waals surface area contributed by atoms with Crippen molar-refractivity contribution in [3.05, 3.63) is 48.0 Å². The molecule has 1 heterocycles. The molecule has 0 unspecified atom stereocenters. The van der Waals surface area contributed by atoms with E-state index in [2.05, 4.69) is 4.74 Å². The SMILES string of the molecule is CC(=O)N1CCC(CSc2ccc(-c3ccc(F)cc3F)cc2OC(F)(F)F)CC1. The second kappa shape index (κ2) is 9.24. The van der Waals surface area contributed by atoms with Crippen molar-refractivity contribution in [3.63, 3.8) is 0 Å². The number of hydrogen-bond acceptors (Lipinski definition) is 3. The molecule has 0 bridgehead atoms. The highest BCUT2D eigenvalue weighted by Gasteiger charge is 2.32. The van der Waals surface area contributed by atoms with Crippen molar-refractivity contribution in [1.82, 2.24) is 4.90 Å². The number of rotatable bonds is 5. The Bertz CT molecular complexity index is 911. The molecule has 3 rings (SSSR count). The largest absolute Gasteiger partial charge is 0.573 e. The van der Waals surface area contributed by atoms with E-state index in [1.807, 2.05) is 0 Å². The third-order valence-corrected chi connectivity index (χ3v) is 6.23. The van der Waals surface area contributed by atoms with Crippen molar-refractivity contribution in [2.24, 2.45) is 5.92 Å². The fraction of sp³-hybridized carbons (Fsp3) is 0.381. The van der Waals surface area contributed by atoms with E-state index in [9.17, 15) is 26.7 Å². The fourth-order valence-electron chi connectivity index (χ4n) is 3.35. The molecule has 0 spiro atoms. The molecule has 30 heavy (non-hydrogen) atoms. The zero-order valence-corrected chi connectivity index (χ0v) is 17.0. The van der Waals surface area contributed by atoms with Gasteiger partial charge in [0.1, 0.15) is 17.4 Å². The first-order chi connectivity index (χ1) is 14.1. The van der Waals surface area contributed by atoms with Gasteiger partial charge in [0.15, 0.2) is 0 Å². The van der Waals surface area contributed by atoms with Crippen molar-refractivity contribution in [3.8, 4) is 16.9 Å². The predicted octanol–water partition coefficient (Wildman–Crippen LogP) is 5.88. The molecular weight excluding hydrogens is 425 g/mol. The first-order valence-electron chi connectivity index (χ1n) is 9.36. The van der Waals surface area contributed by atoms with Crippen LogP contribution in [0.2, 0.25) is 0 Å². The number of benzene rings is 2. The summed E-state index contributed by atoms with van der Waals surface area (Å²) >= 11 is 1.23. The van der Waals surface area contributed by atoms with Gasteiger partial charge in [-0.1, -0.05) is 6.07 Å². The Morgan fingerprint density at radius 3 is 2.43 bits per heavy atom. The Kier molecular flexibility index (Phi) is 6.90. The Morgan fingerprint density at radius 1 is 1.13 bits per heavy atom. The summed E-state index contributed by atoms with van der Waals surface area (Å²) in [7, 11) is 0. The molecular formula is C21H20F5NO2S. The maximum Gasteiger partial charge on any atom is 0.573 e. The van der Waals surface area contributed by atoms with E-state index in [0.29, 0.717) is 24.9 Å². The molecule has 162 valence electrons. The third kappa shape index (κ3) is 5.87. The number of carbonyl (C=O) groups excluding carboxylic acids is 1. The number of thioether (sulfide) groups is 1. The number of nitrogens with zero attached hydrogens (tertiary/aromatic N) is 1. The lowest BCUT2D eigenvalue weighted by atomic mass is 9.99. The molecule has 0 aromatic heterocycles. The first kappa shape index (κ1) is 22.4. The molecule has 0 N–H and O–H groups in total. The van der Waals surface area contributed by atoms with Gasteiger partial charge in [0, 0.05) is 42.3 Å². The topological polar surface area (TPSA) is 29.5 Å². The number of likely N-dealkylation sites (tertiary alicyclic amines) is 1. The predicted molar refractivity (Wildman–Crippen MR) is 104 cm³/mol. The number of hydrogen-bond donors (Lipinski definition) is 0. The van der Waals surface area contributed by atoms with Crippen molar-refractivity contribution < 1.29 is 31.5 Å². The second-order valence-electron chi connectivity index (χ2n) is 7.09. The van der Waals surface area contributed by atoms with Crippen LogP contribution in [0.5, 0.6) is 5.75 Å². The van der Waals surface area contributed by atoms with Gasteiger partial charge < -0.3 is 9.64 Å². The summed E-state index contributed by atoms with van der Waals surface area (Å²) in [5.41, 5.74) is 0.141. The smallest absolute Gasteiger partial charge is 0.405 e. The average molecular weight is 445 g/mol. The Hall–Kier alpha value is -2.29. The lowest BCUT2D eigenvalue weighted by molar-refractivity contribution is -0.275. The lowest BCUT2D eigenvalue weighted by Gasteiger charge is -2.31. The van der Waals surface area contributed by atoms with E-state index in [4.69, 9.17) is 0 Å². The van der Waals surface area contributed by atoms with Gasteiger partial charge in [0.25, 0.3) is 0 Å². The van der Waals surface area contributed by atoms with Gasteiger partial charge in [-0.3, -0.25) is 4.79 Å². The molecule has 0 atom stereocenters. The van der Waals surface area contributed by atoms with Crippen LogP contribution in [0.25, 0.3) is 11.1 Å². The van der Waals surface area contributed by atoms with Crippen molar-refractivity contribution in [2.75, 3.05) is 18.8 Å². The van der Waals surface area contributed by atoms with E-state index < -0.39 is 23.7 Å². The zero-order valence-electron chi connectivity index (χ0n) is 16.1. The average Bonchev–Trinajstić information content (AvgIpc) is 2.66. The molecule has 1 amide bonds. The van der Waals surface area contributed by atoms with Crippen LogP contribution in [-0.4, -0.2) is 36.0 Å². The van der Waals surface area contributed by atoms with Gasteiger partial charge in [-0.15, -0.1) is 24.9 Å². The first-order valence-corrected chi connectivity index (χ1v) is 10.3. The van der Waals surface area contributed by atoms with Crippen LogP contribution in [0, 0.1) is 17.6 Å². The number of halogens is 5. The Labute approximate surface area is 175 Å². The van der Waals surface area contributed by atoms with E-state index in [-0.39, 0.29) is 27.8 Å². The molecule has 2 aromatic carbocycles. The number of piperidine rings is 1. The summed E-state index contributed by atoms with van der Waals surface area (Å²) in [6, 6.07) is 6.95. The van der Waals surface area contributed by atoms with Gasteiger partial charge in [-0.2, -0.15) is 0 Å². The summed E-state index contributed by atoms with van der Waals surface area (Å²) in [6.07, 6.45) is -3.34. The monoisotopic (exact) mass is 445 g/mol. The second-order valence-corrected chi connectivity index (χ2v) is 8.16. The van der Waals surface area contributed by atoms with Crippen LogP contribution < -0.4 is 4.74 Å². The molecule has 1 aliphatic heterocycles. The minimum atomic E-state index is -4.90. The van der Waals surface area contributed by atoms with Crippen LogP contribution in [0.15, 0.2) is 41.3 Å². The van der Waals surface area contributed by atoms with E-state index >= 15 is 0 Å². The minimum Gasteiger partial charge on any atom is -0.405 e. The quantitative estimate of drug-likeness (QED) is 0.425. The molecule has 9 heteroatoms. The fourth-order valence-corrected chi connectivity index (χ4v) is 4.50. The van der Waals surface area contributed by atoms with Crippen LogP contribution in [0.1, 0.15) is 19.8 Å². The van der Waals surface area contributed by atoms with E-state index in [0.717, 1.165) is 25.0 Å². The Morgan fingerprint density at radius 2 is 1.83 bits per heavy atom. The van der Waals surface area contributed by atoms with Crippen LogP contribution in [0.3, 0.4) is 0 Å². The molecule has 3 nitrogen and oxygen atoms in total. The van der Waals surface area contributed by atoms with Crippen molar-refractivity contribution >= 4 is 17.7 Å². The summed E-state index contributed by atoms with van der Waals surface area (Å²) in [6.45, 7) is 2.78. The molecule has 0 radical (unpaired) electrons. The van der Waals surface area contributed by atoms with Gasteiger partial charge in [-0.25, -0.2) is 8.78 Å². The molecule has 0 aliphatic carbocycles. The summed E-state index contributed by atoms with van der Waals surface area (Å²) in [5, 5.41) is 0. The van der Waals surface area contributed by atoms with Crippen LogP contribution in [0.4, 0.5) is 22.0 Å². The lowest BCUT2D eigenvalue weighted by Crippen LogP contribution is -2.37. The molecule has 1 saturated heterocycles. The Balaban J connectivity index is 1.77. The number of amides is 1. The summed E-state index contributed by atoms with van der Waals surface area (Å²) in [4.78, 5) is 13.4. The highest BCUT2D eigenvalue weighted by Crippen LogP contribution is 2.39. The van der Waals surface area contributed by atoms with Gasteiger partial charge >= 0.3 is 6.36 Å². The number of ether oxygens (including phenoxy) is 1. The summed E-state index contributed by atoms with van der Waals surface area (Å²) < 4.78 is 70.1. The highest BCUT2D eigenvalue weighted by molar-refractivity contribution is 7.99. The maximum absolute atomic E-state index is 14.0. The van der Waals surface area contributed by atoms with Crippen molar-refractivity contribution in [2.45, 2.75) is 31.0 Å². The van der Waals surface area contributed by atoms with Crippen LogP contribution >= 0.6 is 11.8 Å². The van der Waals surface area contributed by atoms with E-state index in [1.54, 1.807) is 4.90 Å². The van der Waals surface area contributed by atoms with Gasteiger partial charge in [0.2, 0.25) is 5.91 Å². The normalized spacial score (nSPS) is 15.3. The highest BCUT2D eigenvalue weighted by atomic mass is 32.2.